The molecule has 1 heterocycles. The molecule has 0 aromatic heterocycles. The fraction of sp³-hybridized carbons (Fsp3) is 1.00. The smallest absolute Gasteiger partial charge is 0.335 e. The van der Waals surface area contributed by atoms with Crippen molar-refractivity contribution in [3.8, 4) is 0 Å². The van der Waals surface area contributed by atoms with Gasteiger partial charge in [0.2, 0.25) is 0 Å². The Bertz CT molecular complexity index is 208. The van der Waals surface area contributed by atoms with Gasteiger partial charge < -0.3 is 10.1 Å². The van der Waals surface area contributed by atoms with E-state index in [2.05, 4.69) is 5.32 Å². The lowest BCUT2D eigenvalue weighted by molar-refractivity contribution is 0.0206. The summed E-state index contributed by atoms with van der Waals surface area (Å²) in [6, 6.07) is 0. The average molecular weight is 182 g/mol. The molecule has 0 bridgehead atoms. The van der Waals surface area contributed by atoms with Crippen molar-refractivity contribution in [2.75, 3.05) is 19.7 Å². The Balaban J connectivity index is 2.36. The molecular formula is C4H10N2O4S. The monoisotopic (exact) mass is 182 g/mol. The van der Waals surface area contributed by atoms with Crippen molar-refractivity contribution in [2.24, 2.45) is 0 Å². The van der Waals surface area contributed by atoms with Gasteiger partial charge >= 0.3 is 10.3 Å². The highest BCUT2D eigenvalue weighted by molar-refractivity contribution is 7.83. The molecule has 66 valence electrons. The highest BCUT2D eigenvalue weighted by Gasteiger charge is 2.17. The fourth-order valence-electron chi connectivity index (χ4n) is 0.807. The maximum absolute atomic E-state index is 10.2. The maximum atomic E-state index is 10.2. The molecule has 0 aromatic carbocycles. The summed E-state index contributed by atoms with van der Waals surface area (Å²) in [5, 5.41) is 2.89. The summed E-state index contributed by atoms with van der Waals surface area (Å²) in [4.78, 5) is 0. The lowest BCUT2D eigenvalue weighted by Gasteiger charge is -2.22. The Hall–Kier alpha value is -0.210. The van der Waals surface area contributed by atoms with E-state index in [-0.39, 0.29) is 0 Å². The zero-order valence-electron chi connectivity index (χ0n) is 5.78. The maximum Gasteiger partial charge on any atom is 0.335 e. The first-order valence-corrected chi connectivity index (χ1v) is 4.59. The second-order valence-corrected chi connectivity index (χ2v) is 3.34. The zero-order chi connectivity index (χ0) is 8.32. The summed E-state index contributed by atoms with van der Waals surface area (Å²) in [7, 11) is -4.14. The van der Waals surface area contributed by atoms with Crippen LogP contribution in [-0.2, 0) is 15.0 Å². The van der Waals surface area contributed by atoms with Gasteiger partial charge in [-0.05, 0) is 0 Å². The summed E-state index contributed by atoms with van der Waals surface area (Å²) in [6.07, 6.45) is -0.654. The molecular weight excluding hydrogens is 172 g/mol. The third-order valence-electron chi connectivity index (χ3n) is 1.21. The number of nitrogens with one attached hydrogen (secondary N) is 2. The standard InChI is InChI=1S/C4H10N2O4S/c7-11(8,9)6-4-3-5-1-2-10-4/h4-6H,1-3H2,(H,7,8,9). The minimum Gasteiger partial charge on any atom is -0.360 e. The van der Waals surface area contributed by atoms with E-state index in [1.165, 1.54) is 0 Å². The Labute approximate surface area is 64.8 Å². The van der Waals surface area contributed by atoms with Crippen LogP contribution in [0.25, 0.3) is 0 Å². The molecule has 6 nitrogen and oxygen atoms in total. The van der Waals surface area contributed by atoms with Crippen LogP contribution in [0, 0.1) is 0 Å². The molecule has 1 unspecified atom stereocenters. The molecule has 0 aliphatic carbocycles. The molecule has 7 heteroatoms. The lowest BCUT2D eigenvalue weighted by Crippen LogP contribution is -2.48. The molecule has 0 amide bonds. The van der Waals surface area contributed by atoms with E-state index < -0.39 is 16.5 Å². The summed E-state index contributed by atoms with van der Waals surface area (Å²) in [5.41, 5.74) is 0. The highest BCUT2D eigenvalue weighted by atomic mass is 32.2. The van der Waals surface area contributed by atoms with Crippen molar-refractivity contribution >= 4 is 10.3 Å². The van der Waals surface area contributed by atoms with Gasteiger partial charge in [0, 0.05) is 13.1 Å². The molecule has 1 aliphatic rings. The molecule has 1 atom stereocenters. The second-order valence-electron chi connectivity index (χ2n) is 2.16. The molecule has 1 saturated heterocycles. The number of morpholine rings is 1. The van der Waals surface area contributed by atoms with E-state index in [1.54, 1.807) is 0 Å². The van der Waals surface area contributed by atoms with Gasteiger partial charge in [-0.25, -0.2) is 0 Å². The van der Waals surface area contributed by atoms with Gasteiger partial charge in [-0.2, -0.15) is 13.1 Å². The van der Waals surface area contributed by atoms with Crippen LogP contribution in [-0.4, -0.2) is 38.9 Å². The van der Waals surface area contributed by atoms with E-state index in [0.29, 0.717) is 19.7 Å². The Morgan fingerprint density at radius 3 is 2.82 bits per heavy atom. The molecule has 11 heavy (non-hydrogen) atoms. The largest absolute Gasteiger partial charge is 0.360 e. The number of rotatable bonds is 2. The van der Waals surface area contributed by atoms with E-state index >= 15 is 0 Å². The van der Waals surface area contributed by atoms with Crippen LogP contribution in [0.1, 0.15) is 0 Å². The Kier molecular flexibility index (Phi) is 2.79. The van der Waals surface area contributed by atoms with Crippen molar-refractivity contribution in [1.29, 1.82) is 0 Å². The molecule has 1 aliphatic heterocycles. The van der Waals surface area contributed by atoms with Gasteiger partial charge in [-0.3, -0.25) is 4.55 Å². The van der Waals surface area contributed by atoms with Gasteiger partial charge in [0.1, 0.15) is 6.23 Å². The topological polar surface area (TPSA) is 87.7 Å². The van der Waals surface area contributed by atoms with E-state index in [1.807, 2.05) is 4.72 Å². The predicted octanol–water partition coefficient (Wildman–Crippen LogP) is -1.68. The van der Waals surface area contributed by atoms with Crippen LogP contribution in [0.5, 0.6) is 0 Å². The van der Waals surface area contributed by atoms with Gasteiger partial charge in [0.15, 0.2) is 0 Å². The van der Waals surface area contributed by atoms with E-state index in [9.17, 15) is 8.42 Å². The molecule has 0 saturated carbocycles. The first kappa shape index (κ1) is 8.88. The molecule has 1 fully saturated rings. The third kappa shape index (κ3) is 3.63. The van der Waals surface area contributed by atoms with Gasteiger partial charge in [-0.1, -0.05) is 0 Å². The van der Waals surface area contributed by atoms with Gasteiger partial charge in [-0.15, -0.1) is 0 Å². The SMILES string of the molecule is O=S(=O)(O)NC1CNCCO1. The minimum absolute atomic E-state index is 0.375. The van der Waals surface area contributed by atoms with Crippen LogP contribution in [0.4, 0.5) is 0 Å². The highest BCUT2D eigenvalue weighted by Crippen LogP contribution is 1.92. The van der Waals surface area contributed by atoms with Crippen molar-refractivity contribution in [2.45, 2.75) is 6.23 Å². The summed E-state index contributed by atoms with van der Waals surface area (Å²) in [5.74, 6) is 0. The minimum atomic E-state index is -4.14. The quantitative estimate of drug-likeness (QED) is 0.444. The van der Waals surface area contributed by atoms with Gasteiger partial charge in [0.05, 0.1) is 6.61 Å². The Morgan fingerprint density at radius 1 is 1.64 bits per heavy atom. The Morgan fingerprint density at radius 2 is 2.36 bits per heavy atom. The molecule has 0 spiro atoms. The summed E-state index contributed by atoms with van der Waals surface area (Å²) in [6.45, 7) is 1.51. The predicted molar refractivity (Wildman–Crippen MR) is 37.3 cm³/mol. The van der Waals surface area contributed by atoms with Crippen molar-refractivity contribution in [3.63, 3.8) is 0 Å². The van der Waals surface area contributed by atoms with Crippen LogP contribution in [0.3, 0.4) is 0 Å². The van der Waals surface area contributed by atoms with Crippen LogP contribution in [0.2, 0.25) is 0 Å². The summed E-state index contributed by atoms with van der Waals surface area (Å²) >= 11 is 0. The molecule has 0 radical (unpaired) electrons. The van der Waals surface area contributed by atoms with Crippen molar-refractivity contribution in [3.05, 3.63) is 0 Å². The first-order chi connectivity index (χ1) is 5.08. The molecule has 1 rings (SSSR count). The second kappa shape index (κ2) is 3.46. The third-order valence-corrected chi connectivity index (χ3v) is 1.77. The van der Waals surface area contributed by atoms with Crippen molar-refractivity contribution in [1.82, 2.24) is 10.0 Å². The molecule has 3 N–H and O–H groups in total. The number of hydrogen-bond acceptors (Lipinski definition) is 4. The van der Waals surface area contributed by atoms with E-state index in [0.717, 1.165) is 0 Å². The average Bonchev–Trinajstić information content (AvgIpc) is 1.85. The lowest BCUT2D eigenvalue weighted by atomic mass is 10.5. The normalized spacial score (nSPS) is 26.8. The zero-order valence-corrected chi connectivity index (χ0v) is 6.60. The first-order valence-electron chi connectivity index (χ1n) is 3.15. The van der Waals surface area contributed by atoms with Crippen molar-refractivity contribution < 1.29 is 17.7 Å². The summed E-state index contributed by atoms with van der Waals surface area (Å²) < 4.78 is 35.6. The molecule has 0 aromatic rings. The van der Waals surface area contributed by atoms with E-state index in [4.69, 9.17) is 9.29 Å². The van der Waals surface area contributed by atoms with Gasteiger partial charge in [0.25, 0.3) is 0 Å². The number of hydrogen-bond donors (Lipinski definition) is 3. The fourth-order valence-corrected chi connectivity index (χ4v) is 1.29. The van der Waals surface area contributed by atoms with Crippen LogP contribution in [0.15, 0.2) is 0 Å². The number of ether oxygens (including phenoxy) is 1. The van der Waals surface area contributed by atoms with Crippen LogP contribution >= 0.6 is 0 Å². The van der Waals surface area contributed by atoms with Crippen LogP contribution < -0.4 is 10.0 Å².